The second-order valence-electron chi connectivity index (χ2n) is 3.61. The number of carboxylic acid groups (broad SMARTS) is 1. The first-order chi connectivity index (χ1) is 8.99. The standard InChI is InChI=1S/C10H14N4O4S/c11-7(15)2-1-3-12-10(18)13-4-8-14-6(5-19-8)9(16)17/h5H,1-4H2,(H2,11,15)(H,16,17)(H2,12,13,18). The smallest absolute Gasteiger partial charge is 0.355 e. The Balaban J connectivity index is 2.22. The molecule has 0 aliphatic heterocycles. The predicted molar refractivity (Wildman–Crippen MR) is 67.7 cm³/mol. The van der Waals surface area contributed by atoms with E-state index in [2.05, 4.69) is 15.6 Å². The van der Waals surface area contributed by atoms with Crippen LogP contribution in [-0.2, 0) is 11.3 Å². The Morgan fingerprint density at radius 2 is 2.11 bits per heavy atom. The summed E-state index contributed by atoms with van der Waals surface area (Å²) in [5.74, 6) is -1.51. The van der Waals surface area contributed by atoms with Gasteiger partial charge in [0.25, 0.3) is 0 Å². The van der Waals surface area contributed by atoms with Crippen LogP contribution in [0.5, 0.6) is 0 Å². The van der Waals surface area contributed by atoms with E-state index in [1.807, 2.05) is 0 Å². The molecule has 19 heavy (non-hydrogen) atoms. The Kier molecular flexibility index (Phi) is 5.73. The van der Waals surface area contributed by atoms with Crippen molar-refractivity contribution in [2.75, 3.05) is 6.54 Å². The van der Waals surface area contributed by atoms with Crippen molar-refractivity contribution in [2.24, 2.45) is 5.73 Å². The molecular formula is C10H14N4O4S. The van der Waals surface area contributed by atoms with Gasteiger partial charge < -0.3 is 21.5 Å². The third-order valence-corrected chi connectivity index (χ3v) is 2.91. The predicted octanol–water partition coefficient (Wildman–Crippen LogP) is -0.0940. The lowest BCUT2D eigenvalue weighted by atomic mass is 10.3. The molecule has 1 rings (SSSR count). The van der Waals surface area contributed by atoms with Crippen LogP contribution in [0.25, 0.3) is 0 Å². The third kappa shape index (κ3) is 5.82. The monoisotopic (exact) mass is 286 g/mol. The van der Waals surface area contributed by atoms with E-state index >= 15 is 0 Å². The van der Waals surface area contributed by atoms with E-state index in [1.54, 1.807) is 0 Å². The van der Waals surface area contributed by atoms with Gasteiger partial charge in [0.05, 0.1) is 6.54 Å². The Morgan fingerprint density at radius 1 is 1.37 bits per heavy atom. The average molecular weight is 286 g/mol. The van der Waals surface area contributed by atoms with Crippen molar-refractivity contribution in [3.05, 3.63) is 16.1 Å². The van der Waals surface area contributed by atoms with Crippen molar-refractivity contribution in [1.82, 2.24) is 15.6 Å². The molecule has 0 saturated carbocycles. The molecular weight excluding hydrogens is 272 g/mol. The maximum atomic E-state index is 11.3. The number of carbonyl (C=O) groups is 3. The molecule has 0 radical (unpaired) electrons. The van der Waals surface area contributed by atoms with Crippen LogP contribution in [0, 0.1) is 0 Å². The zero-order chi connectivity index (χ0) is 14.3. The summed E-state index contributed by atoms with van der Waals surface area (Å²) in [7, 11) is 0. The highest BCUT2D eigenvalue weighted by molar-refractivity contribution is 7.09. The van der Waals surface area contributed by atoms with Crippen LogP contribution in [0.1, 0.15) is 28.3 Å². The number of carbonyl (C=O) groups excluding carboxylic acids is 2. The van der Waals surface area contributed by atoms with Crippen molar-refractivity contribution in [3.63, 3.8) is 0 Å². The second-order valence-corrected chi connectivity index (χ2v) is 4.55. The minimum atomic E-state index is -1.10. The van der Waals surface area contributed by atoms with Gasteiger partial charge in [-0.05, 0) is 6.42 Å². The molecule has 0 aliphatic rings. The third-order valence-electron chi connectivity index (χ3n) is 2.06. The van der Waals surface area contributed by atoms with Gasteiger partial charge in [-0.2, -0.15) is 0 Å². The topological polar surface area (TPSA) is 134 Å². The summed E-state index contributed by atoms with van der Waals surface area (Å²) in [6.07, 6.45) is 0.692. The van der Waals surface area contributed by atoms with Crippen LogP contribution in [0.3, 0.4) is 0 Å². The van der Waals surface area contributed by atoms with Crippen LogP contribution >= 0.6 is 11.3 Å². The van der Waals surface area contributed by atoms with Crippen molar-refractivity contribution >= 4 is 29.2 Å². The average Bonchev–Trinajstić information content (AvgIpc) is 2.81. The van der Waals surface area contributed by atoms with E-state index in [-0.39, 0.29) is 18.7 Å². The van der Waals surface area contributed by atoms with Crippen LogP contribution < -0.4 is 16.4 Å². The van der Waals surface area contributed by atoms with Gasteiger partial charge in [0.15, 0.2) is 5.69 Å². The number of rotatable bonds is 7. The van der Waals surface area contributed by atoms with Crippen LogP contribution in [0.4, 0.5) is 4.79 Å². The first kappa shape index (κ1) is 14.9. The number of thiazole rings is 1. The summed E-state index contributed by atoms with van der Waals surface area (Å²) in [4.78, 5) is 36.2. The van der Waals surface area contributed by atoms with Crippen LogP contribution in [0.15, 0.2) is 5.38 Å². The summed E-state index contributed by atoms with van der Waals surface area (Å²) in [5, 5.41) is 15.7. The van der Waals surface area contributed by atoms with Crippen molar-refractivity contribution in [2.45, 2.75) is 19.4 Å². The molecule has 1 heterocycles. The fraction of sp³-hybridized carbons (Fsp3) is 0.400. The summed E-state index contributed by atoms with van der Waals surface area (Å²) < 4.78 is 0. The lowest BCUT2D eigenvalue weighted by Gasteiger charge is -2.05. The molecule has 1 aromatic rings. The number of aromatic nitrogens is 1. The highest BCUT2D eigenvalue weighted by Gasteiger charge is 2.09. The quantitative estimate of drug-likeness (QED) is 0.519. The van der Waals surface area contributed by atoms with Gasteiger partial charge in [0, 0.05) is 18.3 Å². The number of primary amides is 1. The SMILES string of the molecule is NC(=O)CCCNC(=O)NCc1nc(C(=O)O)cs1. The molecule has 0 aliphatic carbocycles. The van der Waals surface area contributed by atoms with E-state index in [4.69, 9.17) is 10.8 Å². The largest absolute Gasteiger partial charge is 0.476 e. The summed E-state index contributed by atoms with van der Waals surface area (Å²) >= 11 is 1.16. The molecule has 8 nitrogen and oxygen atoms in total. The first-order valence-corrected chi connectivity index (χ1v) is 6.34. The Bertz CT molecular complexity index is 474. The zero-order valence-electron chi connectivity index (χ0n) is 10.0. The number of nitrogens with two attached hydrogens (primary N) is 1. The number of hydrogen-bond acceptors (Lipinski definition) is 5. The number of aromatic carboxylic acids is 1. The molecule has 0 spiro atoms. The zero-order valence-corrected chi connectivity index (χ0v) is 10.8. The maximum absolute atomic E-state index is 11.3. The highest BCUT2D eigenvalue weighted by Crippen LogP contribution is 2.09. The lowest BCUT2D eigenvalue weighted by molar-refractivity contribution is -0.118. The van der Waals surface area contributed by atoms with Crippen molar-refractivity contribution in [3.8, 4) is 0 Å². The minimum Gasteiger partial charge on any atom is -0.476 e. The van der Waals surface area contributed by atoms with Crippen molar-refractivity contribution < 1.29 is 19.5 Å². The summed E-state index contributed by atoms with van der Waals surface area (Å²) in [5.41, 5.74) is 4.91. The second kappa shape index (κ2) is 7.31. The van der Waals surface area contributed by atoms with Crippen molar-refractivity contribution in [1.29, 1.82) is 0 Å². The molecule has 0 aromatic carbocycles. The summed E-state index contributed by atoms with van der Waals surface area (Å²) in [6, 6.07) is -0.406. The van der Waals surface area contributed by atoms with Gasteiger partial charge in [-0.15, -0.1) is 11.3 Å². The first-order valence-electron chi connectivity index (χ1n) is 5.46. The number of nitrogens with zero attached hydrogens (tertiary/aromatic N) is 1. The highest BCUT2D eigenvalue weighted by atomic mass is 32.1. The van der Waals surface area contributed by atoms with Gasteiger partial charge >= 0.3 is 12.0 Å². The number of nitrogens with one attached hydrogen (secondary N) is 2. The normalized spacial score (nSPS) is 9.89. The van der Waals surface area contributed by atoms with E-state index < -0.39 is 17.9 Å². The molecule has 0 bridgehead atoms. The maximum Gasteiger partial charge on any atom is 0.355 e. The van der Waals surface area contributed by atoms with E-state index in [0.29, 0.717) is 18.0 Å². The van der Waals surface area contributed by atoms with Gasteiger partial charge in [-0.3, -0.25) is 4.79 Å². The molecule has 9 heteroatoms. The molecule has 3 amide bonds. The van der Waals surface area contributed by atoms with E-state index in [1.165, 1.54) is 5.38 Å². The lowest BCUT2D eigenvalue weighted by Crippen LogP contribution is -2.35. The summed E-state index contributed by atoms with van der Waals surface area (Å²) in [6.45, 7) is 0.493. The molecule has 1 aromatic heterocycles. The fourth-order valence-electron chi connectivity index (χ4n) is 1.17. The molecule has 0 fully saturated rings. The Labute approximate surface area is 113 Å². The molecule has 0 unspecified atom stereocenters. The number of hydrogen-bond donors (Lipinski definition) is 4. The fourth-order valence-corrected chi connectivity index (χ4v) is 1.88. The Hall–Kier alpha value is -2.16. The van der Waals surface area contributed by atoms with Gasteiger partial charge in [-0.1, -0.05) is 0 Å². The molecule has 0 atom stereocenters. The molecule has 5 N–H and O–H groups in total. The molecule has 0 saturated heterocycles. The number of urea groups is 1. The van der Waals surface area contributed by atoms with Crippen LogP contribution in [-0.4, -0.2) is 34.5 Å². The number of carboxylic acids is 1. The van der Waals surface area contributed by atoms with Gasteiger partial charge in [0.2, 0.25) is 5.91 Å². The van der Waals surface area contributed by atoms with Gasteiger partial charge in [0.1, 0.15) is 5.01 Å². The molecule has 104 valence electrons. The van der Waals surface area contributed by atoms with E-state index in [9.17, 15) is 14.4 Å². The van der Waals surface area contributed by atoms with E-state index in [0.717, 1.165) is 11.3 Å². The van der Waals surface area contributed by atoms with Crippen LogP contribution in [0.2, 0.25) is 0 Å². The Morgan fingerprint density at radius 3 is 2.68 bits per heavy atom. The minimum absolute atomic E-state index is 0.0383. The van der Waals surface area contributed by atoms with Gasteiger partial charge in [-0.25, -0.2) is 14.6 Å². The number of amides is 3.